The molecule has 2 aliphatic rings. The van der Waals surface area contributed by atoms with Crippen LogP contribution in [0.15, 0.2) is 40.0 Å². The number of hydrogen-bond donors (Lipinski definition) is 1. The van der Waals surface area contributed by atoms with E-state index in [1.165, 1.54) is 0 Å². The monoisotopic (exact) mass is 340 g/mol. The molecular weight excluding hydrogens is 320 g/mol. The number of oxime groups is 1. The van der Waals surface area contributed by atoms with Gasteiger partial charge in [-0.15, -0.1) is 0 Å². The fourth-order valence-corrected chi connectivity index (χ4v) is 3.51. The van der Waals surface area contributed by atoms with Crippen molar-refractivity contribution in [3.8, 4) is 0 Å². The van der Waals surface area contributed by atoms with Gasteiger partial charge >= 0.3 is 0 Å². The summed E-state index contributed by atoms with van der Waals surface area (Å²) in [4.78, 5) is 22.5. The molecule has 0 unspecified atom stereocenters. The fourth-order valence-electron chi connectivity index (χ4n) is 3.51. The van der Waals surface area contributed by atoms with E-state index in [0.29, 0.717) is 18.1 Å². The number of aryl methyl sites for hydroxylation is 1. The lowest BCUT2D eigenvalue weighted by Gasteiger charge is -2.27. The van der Waals surface area contributed by atoms with Gasteiger partial charge in [-0.25, -0.2) is 0 Å². The largest absolute Gasteiger partial charge is 0.382 e. The summed E-state index contributed by atoms with van der Waals surface area (Å²) in [5.74, 6) is 0.874. The highest BCUT2D eigenvalue weighted by Crippen LogP contribution is 2.37. The van der Waals surface area contributed by atoms with Crippen molar-refractivity contribution in [2.75, 3.05) is 0 Å². The second kappa shape index (κ2) is 6.31. The van der Waals surface area contributed by atoms with Gasteiger partial charge in [-0.1, -0.05) is 53.5 Å². The van der Waals surface area contributed by atoms with Crippen molar-refractivity contribution in [2.45, 2.75) is 50.7 Å². The van der Waals surface area contributed by atoms with Crippen LogP contribution in [-0.2, 0) is 15.2 Å². The van der Waals surface area contributed by atoms with Crippen LogP contribution in [-0.4, -0.2) is 27.9 Å². The molecule has 1 aliphatic carbocycles. The summed E-state index contributed by atoms with van der Waals surface area (Å²) in [6.07, 6.45) is 3.47. The van der Waals surface area contributed by atoms with Crippen LogP contribution in [0.25, 0.3) is 0 Å². The van der Waals surface area contributed by atoms with Gasteiger partial charge in [0.1, 0.15) is 5.54 Å². The standard InChI is InChI=1S/C18H20N4O3/c1-12-19-17(22-24-12)18(9-5-6-10-18)20-16(23)15-11-14(21-25-15)13-7-3-2-4-8-13/h2-4,7-8,15H,5-6,9-11H2,1H3,(H,20,23)/t15-/m0/s1. The molecule has 1 atom stereocenters. The maximum absolute atomic E-state index is 12.8. The van der Waals surface area contributed by atoms with Gasteiger partial charge in [0.15, 0.2) is 5.82 Å². The minimum atomic E-state index is -0.624. The average Bonchev–Trinajstić information content (AvgIpc) is 3.36. The fraction of sp³-hybridized carbons (Fsp3) is 0.444. The second-order valence-electron chi connectivity index (χ2n) is 6.62. The SMILES string of the molecule is Cc1nc(C2(NC(=O)[C@@H]3CC(c4ccccc4)=NO3)CCCC2)no1. The zero-order chi connectivity index (χ0) is 17.3. The van der Waals surface area contributed by atoms with Gasteiger partial charge in [0, 0.05) is 13.3 Å². The molecule has 7 nitrogen and oxygen atoms in total. The number of amides is 1. The molecule has 4 rings (SSSR count). The van der Waals surface area contributed by atoms with Gasteiger partial charge in [0.25, 0.3) is 5.91 Å². The van der Waals surface area contributed by atoms with E-state index < -0.39 is 11.6 Å². The first kappa shape index (κ1) is 15.8. The predicted molar refractivity (Wildman–Crippen MR) is 89.8 cm³/mol. The number of nitrogens with zero attached hydrogens (tertiary/aromatic N) is 3. The van der Waals surface area contributed by atoms with Crippen LogP contribution in [0.2, 0.25) is 0 Å². The quantitative estimate of drug-likeness (QED) is 0.923. The van der Waals surface area contributed by atoms with Crippen LogP contribution < -0.4 is 5.32 Å². The zero-order valence-electron chi connectivity index (χ0n) is 14.1. The molecule has 2 aromatic rings. The van der Waals surface area contributed by atoms with Crippen molar-refractivity contribution in [1.82, 2.24) is 15.5 Å². The van der Waals surface area contributed by atoms with Crippen molar-refractivity contribution < 1.29 is 14.2 Å². The Labute approximate surface area is 145 Å². The van der Waals surface area contributed by atoms with Crippen LogP contribution in [0.5, 0.6) is 0 Å². The highest BCUT2D eigenvalue weighted by Gasteiger charge is 2.43. The summed E-state index contributed by atoms with van der Waals surface area (Å²) in [5.41, 5.74) is 1.20. The van der Waals surface area contributed by atoms with Crippen molar-refractivity contribution >= 4 is 11.6 Å². The average molecular weight is 340 g/mol. The second-order valence-corrected chi connectivity index (χ2v) is 6.62. The minimum absolute atomic E-state index is 0.181. The molecule has 1 N–H and O–H groups in total. The number of nitrogens with one attached hydrogen (secondary N) is 1. The Kier molecular flexibility index (Phi) is 3.99. The molecule has 0 radical (unpaired) electrons. The van der Waals surface area contributed by atoms with Crippen LogP contribution >= 0.6 is 0 Å². The van der Waals surface area contributed by atoms with E-state index in [0.717, 1.165) is 37.0 Å². The molecule has 1 aromatic carbocycles. The third-order valence-electron chi connectivity index (χ3n) is 4.84. The third kappa shape index (κ3) is 3.01. The van der Waals surface area contributed by atoms with E-state index in [-0.39, 0.29) is 5.91 Å². The molecule has 0 saturated heterocycles. The van der Waals surface area contributed by atoms with Crippen molar-refractivity contribution in [2.24, 2.45) is 5.16 Å². The van der Waals surface area contributed by atoms with Crippen molar-refractivity contribution in [3.63, 3.8) is 0 Å². The summed E-state index contributed by atoms with van der Waals surface area (Å²) in [5, 5.41) is 11.2. The number of carbonyl (C=O) groups is 1. The van der Waals surface area contributed by atoms with Crippen LogP contribution in [0.3, 0.4) is 0 Å². The molecule has 7 heteroatoms. The Bertz CT molecular complexity index is 794. The van der Waals surface area contributed by atoms with E-state index >= 15 is 0 Å². The smallest absolute Gasteiger partial charge is 0.265 e. The van der Waals surface area contributed by atoms with Crippen molar-refractivity contribution in [3.05, 3.63) is 47.6 Å². The van der Waals surface area contributed by atoms with Crippen LogP contribution in [0.1, 0.15) is 49.4 Å². The van der Waals surface area contributed by atoms with Gasteiger partial charge in [0.2, 0.25) is 12.0 Å². The summed E-state index contributed by atoms with van der Waals surface area (Å²) in [6.45, 7) is 1.75. The normalized spacial score (nSPS) is 21.6. The Morgan fingerprint density at radius 3 is 2.68 bits per heavy atom. The molecule has 1 fully saturated rings. The molecule has 1 amide bonds. The van der Waals surface area contributed by atoms with Gasteiger partial charge in [-0.3, -0.25) is 4.79 Å². The molecule has 25 heavy (non-hydrogen) atoms. The topological polar surface area (TPSA) is 89.6 Å². The van der Waals surface area contributed by atoms with E-state index in [2.05, 4.69) is 20.6 Å². The molecule has 130 valence electrons. The number of carbonyl (C=O) groups excluding carboxylic acids is 1. The van der Waals surface area contributed by atoms with Gasteiger partial charge in [-0.05, 0) is 18.4 Å². The lowest BCUT2D eigenvalue weighted by atomic mass is 9.95. The first-order valence-corrected chi connectivity index (χ1v) is 8.57. The number of hydrogen-bond acceptors (Lipinski definition) is 6. The molecule has 1 aromatic heterocycles. The molecule has 1 saturated carbocycles. The van der Waals surface area contributed by atoms with E-state index in [1.807, 2.05) is 30.3 Å². The summed E-state index contributed by atoms with van der Waals surface area (Å²) >= 11 is 0. The molecule has 0 spiro atoms. The Hall–Kier alpha value is -2.70. The number of rotatable bonds is 4. The Morgan fingerprint density at radius 2 is 2.00 bits per heavy atom. The zero-order valence-corrected chi connectivity index (χ0v) is 14.1. The van der Waals surface area contributed by atoms with E-state index in [1.54, 1.807) is 6.92 Å². The maximum atomic E-state index is 12.8. The Balaban J connectivity index is 1.47. The van der Waals surface area contributed by atoms with Crippen LogP contribution in [0.4, 0.5) is 0 Å². The summed E-state index contributed by atoms with van der Waals surface area (Å²) in [6, 6.07) is 9.75. The predicted octanol–water partition coefficient (Wildman–Crippen LogP) is 2.46. The van der Waals surface area contributed by atoms with E-state index in [4.69, 9.17) is 9.36 Å². The lowest BCUT2D eigenvalue weighted by Crippen LogP contribution is -2.48. The first-order chi connectivity index (χ1) is 12.2. The molecule has 1 aliphatic heterocycles. The van der Waals surface area contributed by atoms with Gasteiger partial charge in [0.05, 0.1) is 5.71 Å². The number of aromatic nitrogens is 2. The maximum Gasteiger partial charge on any atom is 0.265 e. The Morgan fingerprint density at radius 1 is 1.24 bits per heavy atom. The highest BCUT2D eigenvalue weighted by atomic mass is 16.6. The molecule has 0 bridgehead atoms. The highest BCUT2D eigenvalue weighted by molar-refractivity contribution is 6.04. The van der Waals surface area contributed by atoms with Gasteiger partial charge < -0.3 is 14.7 Å². The number of benzene rings is 1. The molecule has 2 heterocycles. The third-order valence-corrected chi connectivity index (χ3v) is 4.84. The minimum Gasteiger partial charge on any atom is -0.382 e. The summed E-state index contributed by atoms with van der Waals surface area (Å²) < 4.78 is 5.12. The first-order valence-electron chi connectivity index (χ1n) is 8.57. The molecular formula is C18H20N4O3. The van der Waals surface area contributed by atoms with Gasteiger partial charge in [-0.2, -0.15) is 4.98 Å². The summed E-state index contributed by atoms with van der Waals surface area (Å²) in [7, 11) is 0. The lowest BCUT2D eigenvalue weighted by molar-refractivity contribution is -0.133. The van der Waals surface area contributed by atoms with E-state index in [9.17, 15) is 4.79 Å². The van der Waals surface area contributed by atoms with Crippen molar-refractivity contribution in [1.29, 1.82) is 0 Å². The van der Waals surface area contributed by atoms with Crippen LogP contribution in [0, 0.1) is 6.92 Å².